The number of carbonyl (C=O) groups excluding carboxylic acids is 1. The third kappa shape index (κ3) is 3.09. The Bertz CT molecular complexity index is 393. The van der Waals surface area contributed by atoms with E-state index in [0.717, 1.165) is 6.54 Å². The number of hydrogen-bond donors (Lipinski definition) is 0. The van der Waals surface area contributed by atoms with Crippen molar-refractivity contribution in [1.29, 1.82) is 0 Å². The SMILES string of the molecule is COC(=O)[C@@H]1CN(Cc2ccccc2)C(C)CO1. The fourth-order valence-corrected chi connectivity index (χ4v) is 2.12. The van der Waals surface area contributed by atoms with Crippen LogP contribution >= 0.6 is 0 Å². The van der Waals surface area contributed by atoms with Crippen LogP contribution in [0.2, 0.25) is 0 Å². The molecule has 1 saturated heterocycles. The van der Waals surface area contributed by atoms with Crippen LogP contribution in [0.5, 0.6) is 0 Å². The third-order valence-corrected chi connectivity index (χ3v) is 3.25. The van der Waals surface area contributed by atoms with Crippen LogP contribution < -0.4 is 0 Å². The molecule has 2 atom stereocenters. The molecule has 0 aliphatic carbocycles. The maximum absolute atomic E-state index is 11.5. The Hall–Kier alpha value is -1.39. The molecule has 1 unspecified atom stereocenters. The molecule has 0 amide bonds. The van der Waals surface area contributed by atoms with E-state index in [4.69, 9.17) is 9.47 Å². The van der Waals surface area contributed by atoms with Gasteiger partial charge in [0.25, 0.3) is 0 Å². The van der Waals surface area contributed by atoms with E-state index < -0.39 is 6.10 Å². The highest BCUT2D eigenvalue weighted by Crippen LogP contribution is 2.16. The van der Waals surface area contributed by atoms with E-state index in [1.165, 1.54) is 12.7 Å². The average Bonchev–Trinajstić information content (AvgIpc) is 2.41. The van der Waals surface area contributed by atoms with Gasteiger partial charge in [-0.05, 0) is 12.5 Å². The van der Waals surface area contributed by atoms with Crippen molar-refractivity contribution in [2.45, 2.75) is 25.6 Å². The van der Waals surface area contributed by atoms with Crippen LogP contribution in [0.15, 0.2) is 30.3 Å². The Balaban J connectivity index is 2.00. The van der Waals surface area contributed by atoms with Crippen LogP contribution in [0.25, 0.3) is 0 Å². The van der Waals surface area contributed by atoms with Gasteiger partial charge in [0.15, 0.2) is 6.10 Å². The van der Waals surface area contributed by atoms with Gasteiger partial charge in [-0.2, -0.15) is 0 Å². The lowest BCUT2D eigenvalue weighted by atomic mass is 10.1. The number of benzene rings is 1. The van der Waals surface area contributed by atoms with E-state index in [1.807, 2.05) is 18.2 Å². The Morgan fingerprint density at radius 1 is 1.44 bits per heavy atom. The summed E-state index contributed by atoms with van der Waals surface area (Å²) in [6.07, 6.45) is -0.463. The highest BCUT2D eigenvalue weighted by Gasteiger charge is 2.31. The van der Waals surface area contributed by atoms with Crippen LogP contribution in [0, 0.1) is 0 Å². The number of morpholine rings is 1. The van der Waals surface area contributed by atoms with E-state index in [1.54, 1.807) is 0 Å². The van der Waals surface area contributed by atoms with Gasteiger partial charge in [0.05, 0.1) is 13.7 Å². The zero-order valence-electron chi connectivity index (χ0n) is 10.8. The van der Waals surface area contributed by atoms with Gasteiger partial charge in [-0.1, -0.05) is 30.3 Å². The molecule has 1 aliphatic heterocycles. The second-order valence-electron chi connectivity index (χ2n) is 4.61. The summed E-state index contributed by atoms with van der Waals surface area (Å²) in [4.78, 5) is 13.7. The monoisotopic (exact) mass is 249 g/mol. The lowest BCUT2D eigenvalue weighted by Gasteiger charge is -2.36. The maximum Gasteiger partial charge on any atom is 0.336 e. The smallest absolute Gasteiger partial charge is 0.336 e. The van der Waals surface area contributed by atoms with Gasteiger partial charge in [-0.15, -0.1) is 0 Å². The Labute approximate surface area is 107 Å². The molecule has 4 nitrogen and oxygen atoms in total. The van der Waals surface area contributed by atoms with Gasteiger partial charge in [-0.25, -0.2) is 4.79 Å². The number of esters is 1. The summed E-state index contributed by atoms with van der Waals surface area (Å²) >= 11 is 0. The van der Waals surface area contributed by atoms with Gasteiger partial charge in [0.2, 0.25) is 0 Å². The second-order valence-corrected chi connectivity index (χ2v) is 4.61. The van der Waals surface area contributed by atoms with Crippen molar-refractivity contribution in [2.75, 3.05) is 20.3 Å². The van der Waals surface area contributed by atoms with Gasteiger partial charge in [-0.3, -0.25) is 4.90 Å². The van der Waals surface area contributed by atoms with Crippen LogP contribution in [-0.2, 0) is 20.8 Å². The summed E-state index contributed by atoms with van der Waals surface area (Å²) in [7, 11) is 1.39. The van der Waals surface area contributed by atoms with Crippen molar-refractivity contribution in [2.24, 2.45) is 0 Å². The van der Waals surface area contributed by atoms with E-state index in [9.17, 15) is 4.79 Å². The van der Waals surface area contributed by atoms with Crippen LogP contribution in [0.1, 0.15) is 12.5 Å². The molecule has 18 heavy (non-hydrogen) atoms. The number of rotatable bonds is 3. The Morgan fingerprint density at radius 2 is 2.17 bits per heavy atom. The maximum atomic E-state index is 11.5. The largest absolute Gasteiger partial charge is 0.467 e. The molecule has 0 saturated carbocycles. The number of hydrogen-bond acceptors (Lipinski definition) is 4. The quantitative estimate of drug-likeness (QED) is 0.760. The molecule has 1 aromatic carbocycles. The van der Waals surface area contributed by atoms with Crippen molar-refractivity contribution < 1.29 is 14.3 Å². The van der Waals surface area contributed by atoms with Gasteiger partial charge >= 0.3 is 5.97 Å². The molecule has 1 fully saturated rings. The lowest BCUT2D eigenvalue weighted by molar-refractivity contribution is -0.163. The molecule has 4 heteroatoms. The zero-order chi connectivity index (χ0) is 13.0. The highest BCUT2D eigenvalue weighted by molar-refractivity contribution is 5.74. The summed E-state index contributed by atoms with van der Waals surface area (Å²) in [6.45, 7) is 4.09. The van der Waals surface area contributed by atoms with Crippen molar-refractivity contribution >= 4 is 5.97 Å². The molecule has 0 radical (unpaired) electrons. The molecule has 0 N–H and O–H groups in total. The molecule has 0 bridgehead atoms. The number of carbonyl (C=O) groups is 1. The average molecular weight is 249 g/mol. The minimum atomic E-state index is -0.463. The first-order valence-electron chi connectivity index (χ1n) is 6.18. The minimum absolute atomic E-state index is 0.292. The van der Waals surface area contributed by atoms with E-state index in [-0.39, 0.29) is 5.97 Å². The molecule has 0 spiro atoms. The molecule has 1 aliphatic rings. The van der Waals surface area contributed by atoms with E-state index in [0.29, 0.717) is 19.2 Å². The Kier molecular flexibility index (Phi) is 4.33. The Morgan fingerprint density at radius 3 is 2.83 bits per heavy atom. The summed E-state index contributed by atoms with van der Waals surface area (Å²) < 4.78 is 10.2. The third-order valence-electron chi connectivity index (χ3n) is 3.25. The first kappa shape index (κ1) is 13.1. The fourth-order valence-electron chi connectivity index (χ4n) is 2.12. The van der Waals surface area contributed by atoms with Crippen LogP contribution in [-0.4, -0.2) is 43.3 Å². The molecule has 0 aromatic heterocycles. The molecule has 98 valence electrons. The van der Waals surface area contributed by atoms with Gasteiger partial charge in [0, 0.05) is 19.1 Å². The molecular weight excluding hydrogens is 230 g/mol. The highest BCUT2D eigenvalue weighted by atomic mass is 16.6. The molecule has 1 aromatic rings. The molecule has 1 heterocycles. The second kappa shape index (κ2) is 5.98. The first-order chi connectivity index (χ1) is 8.70. The molecular formula is C14H19NO3. The van der Waals surface area contributed by atoms with E-state index >= 15 is 0 Å². The fraction of sp³-hybridized carbons (Fsp3) is 0.500. The first-order valence-corrected chi connectivity index (χ1v) is 6.18. The predicted octanol–water partition coefficient (Wildman–Crippen LogP) is 1.45. The van der Waals surface area contributed by atoms with Crippen molar-refractivity contribution in [3.05, 3.63) is 35.9 Å². The van der Waals surface area contributed by atoms with Crippen molar-refractivity contribution in [3.8, 4) is 0 Å². The standard InChI is InChI=1S/C14H19NO3/c1-11-10-18-13(14(16)17-2)9-15(11)8-12-6-4-3-5-7-12/h3-7,11,13H,8-10H2,1-2H3/t11?,13-/m0/s1. The van der Waals surface area contributed by atoms with Crippen LogP contribution in [0.3, 0.4) is 0 Å². The topological polar surface area (TPSA) is 38.8 Å². The number of methoxy groups -OCH3 is 1. The molecule has 2 rings (SSSR count). The number of ether oxygens (including phenoxy) is 2. The lowest BCUT2D eigenvalue weighted by Crippen LogP contribution is -2.50. The summed E-state index contributed by atoms with van der Waals surface area (Å²) in [5.41, 5.74) is 1.25. The van der Waals surface area contributed by atoms with E-state index in [2.05, 4.69) is 24.0 Å². The summed E-state index contributed by atoms with van der Waals surface area (Å²) in [5.74, 6) is -0.292. The minimum Gasteiger partial charge on any atom is -0.467 e. The normalized spacial score (nSPS) is 24.8. The van der Waals surface area contributed by atoms with Gasteiger partial charge in [0.1, 0.15) is 0 Å². The van der Waals surface area contributed by atoms with Gasteiger partial charge < -0.3 is 9.47 Å². The summed E-state index contributed by atoms with van der Waals surface area (Å²) in [5, 5.41) is 0. The zero-order valence-corrected chi connectivity index (χ0v) is 10.8. The number of nitrogens with zero attached hydrogens (tertiary/aromatic N) is 1. The van der Waals surface area contributed by atoms with Crippen molar-refractivity contribution in [1.82, 2.24) is 4.90 Å². The predicted molar refractivity (Wildman–Crippen MR) is 68.1 cm³/mol. The van der Waals surface area contributed by atoms with Crippen LogP contribution in [0.4, 0.5) is 0 Å². The van der Waals surface area contributed by atoms with Crippen molar-refractivity contribution in [3.63, 3.8) is 0 Å². The summed E-state index contributed by atoms with van der Waals surface area (Å²) in [6, 6.07) is 10.6.